The number of sulfonamides is 1. The summed E-state index contributed by atoms with van der Waals surface area (Å²) in [5.41, 5.74) is 0. The lowest BCUT2D eigenvalue weighted by Crippen LogP contribution is -2.38. The van der Waals surface area contributed by atoms with Crippen LogP contribution in [0.25, 0.3) is 0 Å². The monoisotopic (exact) mass is 245 g/mol. The molecular formula is C11H19NO3S. The van der Waals surface area contributed by atoms with Crippen LogP contribution in [0.2, 0.25) is 0 Å². The topological polar surface area (TPSA) is 54.5 Å². The Hall–Kier alpha value is -0.420. The van der Waals surface area contributed by atoms with Gasteiger partial charge in [-0.15, -0.1) is 0 Å². The van der Waals surface area contributed by atoms with E-state index in [0.29, 0.717) is 24.6 Å². The van der Waals surface area contributed by atoms with Crippen molar-refractivity contribution in [1.29, 1.82) is 0 Å². The minimum atomic E-state index is -3.11. The molecule has 2 aliphatic rings. The number of ketones is 1. The zero-order valence-electron chi connectivity index (χ0n) is 9.68. The zero-order valence-corrected chi connectivity index (χ0v) is 10.5. The Morgan fingerprint density at radius 3 is 2.56 bits per heavy atom. The lowest BCUT2D eigenvalue weighted by Gasteiger charge is -2.23. The number of nitrogens with zero attached hydrogens (tertiary/aromatic N) is 1. The van der Waals surface area contributed by atoms with E-state index in [1.807, 2.05) is 0 Å². The fraction of sp³-hybridized carbons (Fsp3) is 0.909. The summed E-state index contributed by atoms with van der Waals surface area (Å²) in [5.74, 6) is 0.753. The van der Waals surface area contributed by atoms with Crippen LogP contribution in [0.15, 0.2) is 0 Å². The standard InChI is InChI=1S/C11H19NO3S/c1-9(13)7-11-3-2-6-12(11)16(14,15)8-10-4-5-10/h10-11H,2-8H2,1H3. The Morgan fingerprint density at radius 1 is 1.31 bits per heavy atom. The van der Waals surface area contributed by atoms with Gasteiger partial charge in [0.1, 0.15) is 5.78 Å². The van der Waals surface area contributed by atoms with E-state index in [1.165, 1.54) is 6.92 Å². The van der Waals surface area contributed by atoms with Gasteiger partial charge in [0.25, 0.3) is 0 Å². The van der Waals surface area contributed by atoms with Gasteiger partial charge in [0.05, 0.1) is 5.75 Å². The second-order valence-electron chi connectivity index (χ2n) is 5.03. The largest absolute Gasteiger partial charge is 0.300 e. The Morgan fingerprint density at radius 2 is 2.00 bits per heavy atom. The number of hydrogen-bond donors (Lipinski definition) is 0. The second kappa shape index (κ2) is 4.45. The van der Waals surface area contributed by atoms with Gasteiger partial charge in [0, 0.05) is 19.0 Å². The van der Waals surface area contributed by atoms with Gasteiger partial charge in [-0.25, -0.2) is 8.42 Å². The van der Waals surface area contributed by atoms with Gasteiger partial charge in [0.15, 0.2) is 0 Å². The van der Waals surface area contributed by atoms with Crippen molar-refractivity contribution in [3.05, 3.63) is 0 Å². The van der Waals surface area contributed by atoms with Crippen molar-refractivity contribution in [2.75, 3.05) is 12.3 Å². The highest BCUT2D eigenvalue weighted by Gasteiger charge is 2.38. The van der Waals surface area contributed by atoms with Crippen LogP contribution in [0.5, 0.6) is 0 Å². The van der Waals surface area contributed by atoms with E-state index < -0.39 is 10.0 Å². The predicted molar refractivity (Wildman–Crippen MR) is 61.5 cm³/mol. The first-order valence-corrected chi connectivity index (χ1v) is 7.59. The molecule has 0 N–H and O–H groups in total. The van der Waals surface area contributed by atoms with Crippen molar-refractivity contribution in [2.45, 2.75) is 45.1 Å². The van der Waals surface area contributed by atoms with Crippen LogP contribution < -0.4 is 0 Å². The maximum absolute atomic E-state index is 12.1. The van der Waals surface area contributed by atoms with Gasteiger partial charge in [-0.3, -0.25) is 4.79 Å². The molecule has 4 nitrogen and oxygen atoms in total. The minimum absolute atomic E-state index is 0.0683. The number of carbonyl (C=O) groups is 1. The van der Waals surface area contributed by atoms with Crippen LogP contribution in [0.4, 0.5) is 0 Å². The molecule has 0 amide bonds. The van der Waals surface area contributed by atoms with Gasteiger partial charge in [-0.1, -0.05) is 0 Å². The van der Waals surface area contributed by atoms with Crippen molar-refractivity contribution in [1.82, 2.24) is 4.31 Å². The molecule has 0 radical (unpaired) electrons. The van der Waals surface area contributed by atoms with Crippen LogP contribution >= 0.6 is 0 Å². The van der Waals surface area contributed by atoms with Gasteiger partial charge < -0.3 is 0 Å². The van der Waals surface area contributed by atoms with Gasteiger partial charge in [-0.2, -0.15) is 4.31 Å². The summed E-state index contributed by atoms with van der Waals surface area (Å²) in [4.78, 5) is 11.1. The van der Waals surface area contributed by atoms with Crippen LogP contribution in [0, 0.1) is 5.92 Å². The molecule has 1 unspecified atom stereocenters. The van der Waals surface area contributed by atoms with Crippen molar-refractivity contribution in [3.8, 4) is 0 Å². The van der Waals surface area contributed by atoms with Crippen molar-refractivity contribution in [3.63, 3.8) is 0 Å². The average Bonchev–Trinajstić information content (AvgIpc) is 2.80. The molecule has 0 aromatic heterocycles. The Labute approximate surface area is 97.1 Å². The summed E-state index contributed by atoms with van der Waals surface area (Å²) in [6.07, 6.45) is 4.20. The van der Waals surface area contributed by atoms with E-state index in [4.69, 9.17) is 0 Å². The van der Waals surface area contributed by atoms with Gasteiger partial charge in [0.2, 0.25) is 10.0 Å². The van der Waals surface area contributed by atoms with Crippen molar-refractivity contribution in [2.24, 2.45) is 5.92 Å². The summed E-state index contributed by atoms with van der Waals surface area (Å²) >= 11 is 0. The number of hydrogen-bond acceptors (Lipinski definition) is 3. The molecule has 1 aliphatic carbocycles. The highest BCUT2D eigenvalue weighted by molar-refractivity contribution is 7.89. The highest BCUT2D eigenvalue weighted by atomic mass is 32.2. The van der Waals surface area contributed by atoms with E-state index in [1.54, 1.807) is 4.31 Å². The average molecular weight is 245 g/mol. The lowest BCUT2D eigenvalue weighted by atomic mass is 10.1. The lowest BCUT2D eigenvalue weighted by molar-refractivity contribution is -0.117. The van der Waals surface area contributed by atoms with E-state index in [2.05, 4.69) is 0 Å². The normalized spacial score (nSPS) is 27.2. The maximum atomic E-state index is 12.1. The summed E-state index contributed by atoms with van der Waals surface area (Å²) < 4.78 is 25.8. The molecule has 0 aromatic carbocycles. The molecule has 1 saturated heterocycles. The second-order valence-corrected chi connectivity index (χ2v) is 7.00. The summed E-state index contributed by atoms with van der Waals surface area (Å²) in [6.45, 7) is 2.14. The molecular weight excluding hydrogens is 226 g/mol. The smallest absolute Gasteiger partial charge is 0.214 e. The van der Waals surface area contributed by atoms with Crippen molar-refractivity contribution < 1.29 is 13.2 Å². The van der Waals surface area contributed by atoms with E-state index >= 15 is 0 Å². The molecule has 2 rings (SSSR count). The molecule has 5 heteroatoms. The van der Waals surface area contributed by atoms with Crippen LogP contribution in [-0.2, 0) is 14.8 Å². The fourth-order valence-electron chi connectivity index (χ4n) is 2.39. The van der Waals surface area contributed by atoms with Gasteiger partial charge >= 0.3 is 0 Å². The quantitative estimate of drug-likeness (QED) is 0.730. The molecule has 16 heavy (non-hydrogen) atoms. The first-order chi connectivity index (χ1) is 7.49. The highest BCUT2D eigenvalue weighted by Crippen LogP contribution is 2.33. The molecule has 0 spiro atoms. The van der Waals surface area contributed by atoms with Crippen LogP contribution in [-0.4, -0.2) is 36.8 Å². The Bertz CT molecular complexity index is 373. The SMILES string of the molecule is CC(=O)CC1CCCN1S(=O)(=O)CC1CC1. The first kappa shape index (κ1) is 12.0. The zero-order chi connectivity index (χ0) is 11.8. The molecule has 1 saturated carbocycles. The fourth-order valence-corrected chi connectivity index (χ4v) is 4.55. The minimum Gasteiger partial charge on any atom is -0.300 e. The summed E-state index contributed by atoms with van der Waals surface area (Å²) in [5, 5.41) is 0. The van der Waals surface area contributed by atoms with Crippen LogP contribution in [0.3, 0.4) is 0 Å². The number of Topliss-reactive ketones (excluding diaryl/α,β-unsaturated/α-hetero) is 1. The van der Waals surface area contributed by atoms with E-state index in [9.17, 15) is 13.2 Å². The number of carbonyl (C=O) groups excluding carboxylic acids is 1. The van der Waals surface area contributed by atoms with E-state index in [-0.39, 0.29) is 11.8 Å². The third-order valence-electron chi connectivity index (χ3n) is 3.35. The van der Waals surface area contributed by atoms with E-state index in [0.717, 1.165) is 25.7 Å². The first-order valence-electron chi connectivity index (χ1n) is 5.98. The van der Waals surface area contributed by atoms with Crippen molar-refractivity contribution >= 4 is 15.8 Å². The summed E-state index contributed by atoms with van der Waals surface area (Å²) in [6, 6.07) is -0.0683. The van der Waals surface area contributed by atoms with Crippen LogP contribution in [0.1, 0.15) is 39.0 Å². The number of rotatable bonds is 5. The third-order valence-corrected chi connectivity index (χ3v) is 5.43. The molecule has 92 valence electrons. The molecule has 1 heterocycles. The van der Waals surface area contributed by atoms with Gasteiger partial charge in [-0.05, 0) is 38.5 Å². The predicted octanol–water partition coefficient (Wildman–Crippen LogP) is 1.17. The molecule has 1 aliphatic heterocycles. The molecule has 0 aromatic rings. The third kappa shape index (κ3) is 2.83. The Kier molecular flexibility index (Phi) is 3.35. The molecule has 2 fully saturated rings. The molecule has 1 atom stereocenters. The molecule has 0 bridgehead atoms. The summed E-state index contributed by atoms with van der Waals surface area (Å²) in [7, 11) is -3.11. The Balaban J connectivity index is 2.02. The maximum Gasteiger partial charge on any atom is 0.214 e.